The third-order valence-corrected chi connectivity index (χ3v) is 2.55. The molecular weight excluding hydrogens is 214 g/mol. The molecule has 0 bridgehead atoms. The van der Waals surface area contributed by atoms with Crippen LogP contribution in [0.1, 0.15) is 25.0 Å². The number of carbonyl (C=O) groups excluding carboxylic acids is 1. The lowest BCUT2D eigenvalue weighted by molar-refractivity contribution is -0.147. The summed E-state index contributed by atoms with van der Waals surface area (Å²) in [6.45, 7) is 7.65. The molecular formula is C14H21NO2. The molecule has 0 spiro atoms. The molecule has 0 radical (unpaired) electrons. The van der Waals surface area contributed by atoms with Crippen LogP contribution in [-0.2, 0) is 16.1 Å². The largest absolute Gasteiger partial charge is 0.466 e. The van der Waals surface area contributed by atoms with Gasteiger partial charge in [0.1, 0.15) is 0 Å². The number of ether oxygens (including phenoxy) is 1. The van der Waals surface area contributed by atoms with Crippen LogP contribution < -0.4 is 5.32 Å². The molecule has 0 aromatic heterocycles. The van der Waals surface area contributed by atoms with E-state index in [0.29, 0.717) is 13.2 Å². The Hall–Kier alpha value is -1.35. The van der Waals surface area contributed by atoms with Gasteiger partial charge in [0.25, 0.3) is 0 Å². The molecule has 1 aromatic carbocycles. The highest BCUT2D eigenvalue weighted by molar-refractivity contribution is 5.72. The van der Waals surface area contributed by atoms with Gasteiger partial charge in [0, 0.05) is 13.1 Å². The molecule has 17 heavy (non-hydrogen) atoms. The molecule has 1 atom stereocenters. The van der Waals surface area contributed by atoms with Crippen LogP contribution in [0.15, 0.2) is 24.3 Å². The first-order valence-corrected chi connectivity index (χ1v) is 6.06. The zero-order valence-electron chi connectivity index (χ0n) is 10.8. The predicted octanol–water partition coefficient (Wildman–Crippen LogP) is 2.28. The maximum Gasteiger partial charge on any atom is 0.309 e. The van der Waals surface area contributed by atoms with Gasteiger partial charge >= 0.3 is 5.97 Å². The first-order valence-electron chi connectivity index (χ1n) is 6.06. The van der Waals surface area contributed by atoms with Gasteiger partial charge in [0.2, 0.25) is 0 Å². The summed E-state index contributed by atoms with van der Waals surface area (Å²) in [5, 5.41) is 3.27. The molecule has 1 aromatic rings. The molecule has 1 unspecified atom stereocenters. The first-order chi connectivity index (χ1) is 8.13. The average molecular weight is 235 g/mol. The van der Waals surface area contributed by atoms with Gasteiger partial charge in [-0.2, -0.15) is 0 Å². The van der Waals surface area contributed by atoms with Crippen molar-refractivity contribution in [2.24, 2.45) is 5.92 Å². The lowest BCUT2D eigenvalue weighted by atomic mass is 10.1. The number of benzene rings is 1. The van der Waals surface area contributed by atoms with E-state index >= 15 is 0 Å². The minimum atomic E-state index is -0.135. The van der Waals surface area contributed by atoms with Crippen LogP contribution in [0, 0.1) is 12.8 Å². The summed E-state index contributed by atoms with van der Waals surface area (Å²) in [5.41, 5.74) is 2.49. The van der Waals surface area contributed by atoms with Crippen LogP contribution in [0.5, 0.6) is 0 Å². The van der Waals surface area contributed by atoms with Crippen molar-refractivity contribution in [1.82, 2.24) is 5.32 Å². The van der Waals surface area contributed by atoms with Gasteiger partial charge in [0.05, 0.1) is 12.5 Å². The van der Waals surface area contributed by atoms with E-state index in [1.165, 1.54) is 11.1 Å². The summed E-state index contributed by atoms with van der Waals surface area (Å²) in [7, 11) is 0. The molecule has 0 aliphatic heterocycles. The Morgan fingerprint density at radius 1 is 1.47 bits per heavy atom. The molecule has 0 fully saturated rings. The van der Waals surface area contributed by atoms with Crippen molar-refractivity contribution in [2.45, 2.75) is 27.3 Å². The van der Waals surface area contributed by atoms with Gasteiger partial charge in [0.15, 0.2) is 0 Å². The fourth-order valence-electron chi connectivity index (χ4n) is 1.62. The lowest BCUT2D eigenvalue weighted by Gasteiger charge is -2.11. The highest BCUT2D eigenvalue weighted by Gasteiger charge is 2.12. The van der Waals surface area contributed by atoms with E-state index in [-0.39, 0.29) is 11.9 Å². The number of aryl methyl sites for hydroxylation is 1. The lowest BCUT2D eigenvalue weighted by Crippen LogP contribution is -2.27. The third kappa shape index (κ3) is 5.00. The van der Waals surface area contributed by atoms with Crippen molar-refractivity contribution >= 4 is 5.97 Å². The average Bonchev–Trinajstić information content (AvgIpc) is 2.29. The summed E-state index contributed by atoms with van der Waals surface area (Å²) < 4.78 is 4.95. The van der Waals surface area contributed by atoms with Crippen LogP contribution >= 0.6 is 0 Å². The Kier molecular flexibility index (Phi) is 5.70. The SMILES string of the molecule is CCOC(=O)C(C)CNCc1cccc(C)c1. The summed E-state index contributed by atoms with van der Waals surface area (Å²) in [6, 6.07) is 8.34. The normalized spacial score (nSPS) is 12.2. The molecule has 0 aliphatic carbocycles. The minimum Gasteiger partial charge on any atom is -0.466 e. The fourth-order valence-corrected chi connectivity index (χ4v) is 1.62. The molecule has 3 heteroatoms. The van der Waals surface area contributed by atoms with Gasteiger partial charge in [-0.25, -0.2) is 0 Å². The Morgan fingerprint density at radius 2 is 2.24 bits per heavy atom. The van der Waals surface area contributed by atoms with Crippen molar-refractivity contribution in [3.8, 4) is 0 Å². The van der Waals surface area contributed by atoms with E-state index < -0.39 is 0 Å². The van der Waals surface area contributed by atoms with Crippen LogP contribution in [0.25, 0.3) is 0 Å². The molecule has 0 saturated heterocycles. The Labute approximate surface area is 103 Å². The standard InChI is InChI=1S/C14H21NO2/c1-4-17-14(16)12(3)9-15-10-13-7-5-6-11(2)8-13/h5-8,12,15H,4,9-10H2,1-3H3. The summed E-state index contributed by atoms with van der Waals surface area (Å²) in [4.78, 5) is 11.4. The number of hydrogen-bond donors (Lipinski definition) is 1. The Balaban J connectivity index is 2.30. The van der Waals surface area contributed by atoms with Gasteiger partial charge in [-0.05, 0) is 19.4 Å². The van der Waals surface area contributed by atoms with Crippen molar-refractivity contribution in [2.75, 3.05) is 13.2 Å². The number of rotatable bonds is 6. The van der Waals surface area contributed by atoms with E-state index in [0.717, 1.165) is 6.54 Å². The smallest absolute Gasteiger partial charge is 0.309 e. The minimum absolute atomic E-state index is 0.0974. The maximum absolute atomic E-state index is 11.4. The van der Waals surface area contributed by atoms with Crippen molar-refractivity contribution in [1.29, 1.82) is 0 Å². The summed E-state index contributed by atoms with van der Waals surface area (Å²) in [5.74, 6) is -0.232. The van der Waals surface area contributed by atoms with Gasteiger partial charge in [-0.1, -0.05) is 36.8 Å². The molecule has 1 N–H and O–H groups in total. The molecule has 94 valence electrons. The third-order valence-electron chi connectivity index (χ3n) is 2.55. The topological polar surface area (TPSA) is 38.3 Å². The molecule has 0 saturated carbocycles. The van der Waals surface area contributed by atoms with E-state index in [4.69, 9.17) is 4.74 Å². The Bertz CT molecular complexity index is 363. The van der Waals surface area contributed by atoms with Gasteiger partial charge in [-0.3, -0.25) is 4.79 Å². The molecule has 0 aliphatic rings. The van der Waals surface area contributed by atoms with E-state index in [9.17, 15) is 4.79 Å². The second-order valence-electron chi connectivity index (χ2n) is 4.27. The molecule has 0 amide bonds. The maximum atomic E-state index is 11.4. The number of carbonyl (C=O) groups is 1. The van der Waals surface area contributed by atoms with Gasteiger partial charge < -0.3 is 10.1 Å². The Morgan fingerprint density at radius 3 is 2.88 bits per heavy atom. The molecule has 1 rings (SSSR count). The quantitative estimate of drug-likeness (QED) is 0.769. The number of esters is 1. The van der Waals surface area contributed by atoms with Crippen LogP contribution in [0.3, 0.4) is 0 Å². The highest BCUT2D eigenvalue weighted by Crippen LogP contribution is 2.04. The van der Waals surface area contributed by atoms with Crippen molar-refractivity contribution < 1.29 is 9.53 Å². The zero-order chi connectivity index (χ0) is 12.7. The number of hydrogen-bond acceptors (Lipinski definition) is 3. The monoisotopic (exact) mass is 235 g/mol. The summed E-state index contributed by atoms with van der Waals surface area (Å²) >= 11 is 0. The van der Waals surface area contributed by atoms with E-state index in [2.05, 4.69) is 30.4 Å². The van der Waals surface area contributed by atoms with E-state index in [1.54, 1.807) is 0 Å². The van der Waals surface area contributed by atoms with Crippen molar-refractivity contribution in [3.63, 3.8) is 0 Å². The second-order valence-corrected chi connectivity index (χ2v) is 4.27. The summed E-state index contributed by atoms with van der Waals surface area (Å²) in [6.07, 6.45) is 0. The van der Waals surface area contributed by atoms with Crippen LogP contribution in [0.4, 0.5) is 0 Å². The van der Waals surface area contributed by atoms with Crippen LogP contribution in [-0.4, -0.2) is 19.1 Å². The predicted molar refractivity (Wildman–Crippen MR) is 68.7 cm³/mol. The molecule has 0 heterocycles. The first kappa shape index (κ1) is 13.7. The fraction of sp³-hybridized carbons (Fsp3) is 0.500. The molecule has 3 nitrogen and oxygen atoms in total. The van der Waals surface area contributed by atoms with Crippen LogP contribution in [0.2, 0.25) is 0 Å². The number of nitrogens with one attached hydrogen (secondary N) is 1. The van der Waals surface area contributed by atoms with Gasteiger partial charge in [-0.15, -0.1) is 0 Å². The zero-order valence-corrected chi connectivity index (χ0v) is 10.8. The van der Waals surface area contributed by atoms with E-state index in [1.807, 2.05) is 19.9 Å². The second kappa shape index (κ2) is 7.07. The van der Waals surface area contributed by atoms with Crippen molar-refractivity contribution in [3.05, 3.63) is 35.4 Å². The highest BCUT2D eigenvalue weighted by atomic mass is 16.5.